The maximum atomic E-state index is 12.7. The van der Waals surface area contributed by atoms with Crippen molar-refractivity contribution in [3.8, 4) is 11.6 Å². The summed E-state index contributed by atoms with van der Waals surface area (Å²) in [5.41, 5.74) is 1.07. The van der Waals surface area contributed by atoms with Gasteiger partial charge in [0.2, 0.25) is 5.88 Å². The first kappa shape index (κ1) is 18.5. The fraction of sp³-hybridized carbons (Fsp3) is 0.105. The first-order chi connectivity index (χ1) is 13.0. The van der Waals surface area contributed by atoms with Crippen LogP contribution in [0.25, 0.3) is 0 Å². The van der Waals surface area contributed by atoms with Gasteiger partial charge in [-0.2, -0.15) is 4.98 Å². The molecular weight excluding hydrogens is 366 g/mol. The molecule has 0 atom stereocenters. The molecule has 0 amide bonds. The number of anilines is 3. The lowest BCUT2D eigenvalue weighted by Crippen LogP contribution is -2.14. The van der Waals surface area contributed by atoms with E-state index in [9.17, 15) is 8.42 Å². The highest BCUT2D eigenvalue weighted by Crippen LogP contribution is 2.28. The molecule has 7 nitrogen and oxygen atoms in total. The Bertz CT molecular complexity index is 1010. The number of hydrogen-bond donors (Lipinski definition) is 2. The highest BCUT2D eigenvalue weighted by molar-refractivity contribution is 7.92. The van der Waals surface area contributed by atoms with Crippen LogP contribution in [0.2, 0.25) is 0 Å². The van der Waals surface area contributed by atoms with Crippen molar-refractivity contribution < 1.29 is 17.9 Å². The second kappa shape index (κ2) is 7.96. The van der Waals surface area contributed by atoms with Gasteiger partial charge >= 0.3 is 0 Å². The zero-order valence-electron chi connectivity index (χ0n) is 14.8. The molecule has 0 spiro atoms. The van der Waals surface area contributed by atoms with Gasteiger partial charge in [-0.15, -0.1) is 0 Å². The molecule has 140 valence electrons. The quantitative estimate of drug-likeness (QED) is 0.645. The minimum absolute atomic E-state index is 0.116. The molecule has 1 heterocycles. The van der Waals surface area contributed by atoms with Crippen LogP contribution in [0.15, 0.2) is 71.6 Å². The van der Waals surface area contributed by atoms with Gasteiger partial charge in [0.1, 0.15) is 5.75 Å². The van der Waals surface area contributed by atoms with Crippen molar-refractivity contribution in [1.29, 1.82) is 0 Å². The second-order valence-electron chi connectivity index (χ2n) is 5.52. The Labute approximate surface area is 158 Å². The average Bonchev–Trinajstić information content (AvgIpc) is 2.70. The van der Waals surface area contributed by atoms with Gasteiger partial charge in [0.05, 0.1) is 24.8 Å². The summed E-state index contributed by atoms with van der Waals surface area (Å²) in [5, 5.41) is 3.10. The van der Waals surface area contributed by atoms with Crippen LogP contribution in [0.1, 0.15) is 0 Å². The van der Waals surface area contributed by atoms with Crippen molar-refractivity contribution in [3.63, 3.8) is 0 Å². The molecule has 3 aromatic rings. The van der Waals surface area contributed by atoms with Gasteiger partial charge in [0.25, 0.3) is 10.0 Å². The molecular formula is C19H19N3O4S. The summed E-state index contributed by atoms with van der Waals surface area (Å²) >= 11 is 0. The molecule has 0 aliphatic rings. The first-order valence-corrected chi connectivity index (χ1v) is 9.54. The van der Waals surface area contributed by atoms with Gasteiger partial charge in [-0.05, 0) is 42.5 Å². The van der Waals surface area contributed by atoms with Crippen LogP contribution in [-0.4, -0.2) is 27.6 Å². The molecule has 1 aromatic heterocycles. The molecule has 8 heteroatoms. The molecule has 0 unspecified atom stereocenters. The monoisotopic (exact) mass is 385 g/mol. The van der Waals surface area contributed by atoms with Crippen LogP contribution in [0.5, 0.6) is 11.6 Å². The summed E-state index contributed by atoms with van der Waals surface area (Å²) in [4.78, 5) is 4.43. The van der Waals surface area contributed by atoms with Crippen molar-refractivity contribution in [2.75, 3.05) is 24.3 Å². The van der Waals surface area contributed by atoms with Crippen LogP contribution in [0.3, 0.4) is 0 Å². The molecule has 0 radical (unpaired) electrons. The lowest BCUT2D eigenvalue weighted by molar-refractivity contribution is 0.398. The molecule has 0 fully saturated rings. The smallest absolute Gasteiger partial charge is 0.262 e. The summed E-state index contributed by atoms with van der Waals surface area (Å²) in [6.45, 7) is 0. The number of nitrogens with one attached hydrogen (secondary N) is 2. The van der Waals surface area contributed by atoms with E-state index in [1.807, 2.05) is 30.3 Å². The summed E-state index contributed by atoms with van der Waals surface area (Å²) in [5.74, 6) is 1.27. The SMILES string of the molecule is COc1ccc(S(=O)(=O)Nc2ccc(OC)nc2Nc2ccccc2)cc1. The summed E-state index contributed by atoms with van der Waals surface area (Å²) in [7, 11) is -0.783. The predicted molar refractivity (Wildman–Crippen MR) is 104 cm³/mol. The van der Waals surface area contributed by atoms with E-state index in [4.69, 9.17) is 9.47 Å². The third-order valence-corrected chi connectivity index (χ3v) is 5.11. The Morgan fingerprint density at radius 2 is 1.56 bits per heavy atom. The van der Waals surface area contributed by atoms with Crippen LogP contribution < -0.4 is 19.5 Å². The standard InChI is InChI=1S/C19H19N3O4S/c1-25-15-8-10-16(11-9-15)27(23,24)22-17-12-13-18(26-2)21-19(17)20-14-6-4-3-5-7-14/h3-13,22H,1-2H3,(H,20,21). The lowest BCUT2D eigenvalue weighted by Gasteiger charge is -2.14. The number of ether oxygens (including phenoxy) is 2. The van der Waals surface area contributed by atoms with Gasteiger partial charge in [-0.25, -0.2) is 8.42 Å². The van der Waals surface area contributed by atoms with Crippen LogP contribution in [-0.2, 0) is 10.0 Å². The molecule has 0 saturated heterocycles. The van der Waals surface area contributed by atoms with E-state index in [1.54, 1.807) is 24.3 Å². The molecule has 0 aliphatic carbocycles. The molecule has 27 heavy (non-hydrogen) atoms. The van der Waals surface area contributed by atoms with Crippen molar-refractivity contribution in [2.24, 2.45) is 0 Å². The summed E-state index contributed by atoms with van der Waals surface area (Å²) < 4.78 is 38.2. The highest BCUT2D eigenvalue weighted by Gasteiger charge is 2.17. The summed E-state index contributed by atoms with van der Waals surface area (Å²) in [6.07, 6.45) is 0. The van der Waals surface area contributed by atoms with E-state index < -0.39 is 10.0 Å². The molecule has 2 aromatic carbocycles. The number of pyridine rings is 1. The van der Waals surface area contributed by atoms with Crippen molar-refractivity contribution in [1.82, 2.24) is 4.98 Å². The number of benzene rings is 2. The minimum atomic E-state index is -3.80. The van der Waals surface area contributed by atoms with Gasteiger partial charge in [-0.3, -0.25) is 4.72 Å². The number of para-hydroxylation sites is 1. The number of nitrogens with zero attached hydrogens (tertiary/aromatic N) is 1. The largest absolute Gasteiger partial charge is 0.497 e. The molecule has 0 bridgehead atoms. The van der Waals surface area contributed by atoms with Crippen molar-refractivity contribution in [3.05, 3.63) is 66.7 Å². The van der Waals surface area contributed by atoms with Crippen LogP contribution in [0.4, 0.5) is 17.2 Å². The van der Waals surface area contributed by atoms with E-state index in [0.717, 1.165) is 5.69 Å². The Morgan fingerprint density at radius 1 is 0.852 bits per heavy atom. The lowest BCUT2D eigenvalue weighted by atomic mass is 10.3. The molecule has 3 rings (SSSR count). The van der Waals surface area contributed by atoms with E-state index in [0.29, 0.717) is 23.1 Å². The number of rotatable bonds is 7. The summed E-state index contributed by atoms with van der Waals surface area (Å²) in [6, 6.07) is 18.6. The Hall–Kier alpha value is -3.26. The fourth-order valence-corrected chi connectivity index (χ4v) is 3.42. The maximum Gasteiger partial charge on any atom is 0.262 e. The fourth-order valence-electron chi connectivity index (χ4n) is 2.35. The first-order valence-electron chi connectivity index (χ1n) is 8.06. The minimum Gasteiger partial charge on any atom is -0.497 e. The third-order valence-electron chi connectivity index (χ3n) is 3.73. The van der Waals surface area contributed by atoms with E-state index >= 15 is 0 Å². The Morgan fingerprint density at radius 3 is 2.19 bits per heavy atom. The van der Waals surface area contributed by atoms with Crippen LogP contribution >= 0.6 is 0 Å². The maximum absolute atomic E-state index is 12.7. The number of aromatic nitrogens is 1. The zero-order valence-corrected chi connectivity index (χ0v) is 15.7. The van der Waals surface area contributed by atoms with E-state index in [2.05, 4.69) is 15.0 Å². The van der Waals surface area contributed by atoms with Gasteiger partial charge < -0.3 is 14.8 Å². The molecule has 0 saturated carbocycles. The van der Waals surface area contributed by atoms with Gasteiger partial charge in [0.15, 0.2) is 5.82 Å². The van der Waals surface area contributed by atoms with Crippen molar-refractivity contribution >= 4 is 27.2 Å². The third kappa shape index (κ3) is 4.48. The number of sulfonamides is 1. The normalized spacial score (nSPS) is 10.9. The Kier molecular flexibility index (Phi) is 5.46. The zero-order chi connectivity index (χ0) is 19.3. The van der Waals surface area contributed by atoms with E-state index in [1.165, 1.54) is 26.4 Å². The van der Waals surface area contributed by atoms with E-state index in [-0.39, 0.29) is 4.90 Å². The number of methoxy groups -OCH3 is 2. The van der Waals surface area contributed by atoms with Gasteiger partial charge in [-0.1, -0.05) is 18.2 Å². The Balaban J connectivity index is 1.92. The molecule has 2 N–H and O–H groups in total. The second-order valence-corrected chi connectivity index (χ2v) is 7.20. The highest BCUT2D eigenvalue weighted by atomic mass is 32.2. The number of hydrogen-bond acceptors (Lipinski definition) is 6. The van der Waals surface area contributed by atoms with Gasteiger partial charge in [0, 0.05) is 11.8 Å². The topological polar surface area (TPSA) is 89.6 Å². The average molecular weight is 385 g/mol. The van der Waals surface area contributed by atoms with Crippen molar-refractivity contribution in [2.45, 2.75) is 4.90 Å². The van der Waals surface area contributed by atoms with Crippen LogP contribution in [0, 0.1) is 0 Å². The molecule has 0 aliphatic heterocycles. The predicted octanol–water partition coefficient (Wildman–Crippen LogP) is 3.64.